The lowest BCUT2D eigenvalue weighted by Gasteiger charge is -2.03. The molecule has 7 heteroatoms. The molecule has 0 aliphatic rings. The molecule has 0 aliphatic carbocycles. The summed E-state index contributed by atoms with van der Waals surface area (Å²) in [6.45, 7) is 0. The fourth-order valence-electron chi connectivity index (χ4n) is 0.713. The summed E-state index contributed by atoms with van der Waals surface area (Å²) < 4.78 is 0.753. The summed E-state index contributed by atoms with van der Waals surface area (Å²) in [5, 5.41) is 3.51. The van der Waals surface area contributed by atoms with E-state index in [1.807, 2.05) is 0 Å². The van der Waals surface area contributed by atoms with Gasteiger partial charge in [0.05, 0.1) is 10.2 Å². The van der Waals surface area contributed by atoms with Crippen LogP contribution >= 0.6 is 27.7 Å². The zero-order valence-corrected chi connectivity index (χ0v) is 9.85. The van der Waals surface area contributed by atoms with Crippen LogP contribution in [0.4, 0.5) is 5.95 Å². The highest BCUT2D eigenvalue weighted by Crippen LogP contribution is 2.25. The van der Waals surface area contributed by atoms with Gasteiger partial charge in [-0.1, -0.05) is 11.8 Å². The highest BCUT2D eigenvalue weighted by atomic mass is 79.9. The molecule has 0 aliphatic heterocycles. The summed E-state index contributed by atoms with van der Waals surface area (Å²) >= 11 is 4.56. The third-order valence-corrected chi connectivity index (χ3v) is 3.14. The lowest BCUT2D eigenvalue weighted by Crippen LogP contribution is -2.13. The Hall–Kier alpha value is -0.820. The first-order valence-electron chi connectivity index (χ1n) is 3.75. The smallest absolute Gasteiger partial charge is 0.227 e. The molecule has 0 unspecified atom stereocenters. The molecule has 14 heavy (non-hydrogen) atoms. The number of thioether (sulfide) groups is 1. The molecule has 1 rings (SSSR count). The zero-order valence-electron chi connectivity index (χ0n) is 7.45. The maximum absolute atomic E-state index is 10.6. The fourth-order valence-corrected chi connectivity index (χ4v) is 1.87. The van der Waals surface area contributed by atoms with Gasteiger partial charge in [-0.25, -0.2) is 9.97 Å². The first-order chi connectivity index (χ1) is 6.63. The third-order valence-electron chi connectivity index (χ3n) is 1.29. The summed E-state index contributed by atoms with van der Waals surface area (Å²) in [6, 6.07) is 0. The monoisotopic (exact) mass is 276 g/mol. The van der Waals surface area contributed by atoms with E-state index in [1.165, 1.54) is 11.8 Å². The Morgan fingerprint density at radius 2 is 2.50 bits per heavy atom. The van der Waals surface area contributed by atoms with Crippen LogP contribution in [0.15, 0.2) is 15.7 Å². The number of carbonyl (C=O) groups excluding carboxylic acids is 1. The number of halogens is 1. The molecule has 0 bridgehead atoms. The number of anilines is 1. The largest absolute Gasteiger partial charge is 0.369 e. The lowest BCUT2D eigenvalue weighted by atomic mass is 10.7. The number of aromatic nitrogens is 2. The van der Waals surface area contributed by atoms with Crippen LogP contribution in [0.2, 0.25) is 0 Å². The van der Waals surface area contributed by atoms with Gasteiger partial charge in [-0.2, -0.15) is 0 Å². The number of hydrogen-bond donors (Lipinski definition) is 2. The van der Waals surface area contributed by atoms with Crippen molar-refractivity contribution in [2.24, 2.45) is 5.73 Å². The number of nitrogens with zero attached hydrogens (tertiary/aromatic N) is 2. The van der Waals surface area contributed by atoms with Gasteiger partial charge in [0.1, 0.15) is 5.03 Å². The molecule has 1 aromatic heterocycles. The molecular weight excluding hydrogens is 268 g/mol. The number of rotatable bonds is 4. The summed E-state index contributed by atoms with van der Waals surface area (Å²) in [5.74, 6) is 0.352. The van der Waals surface area contributed by atoms with E-state index < -0.39 is 0 Å². The third kappa shape index (κ3) is 3.15. The van der Waals surface area contributed by atoms with Crippen molar-refractivity contribution in [3.63, 3.8) is 0 Å². The van der Waals surface area contributed by atoms with Crippen molar-refractivity contribution in [3.8, 4) is 0 Å². The maximum Gasteiger partial charge on any atom is 0.227 e. The van der Waals surface area contributed by atoms with Crippen LogP contribution < -0.4 is 11.1 Å². The molecule has 1 heterocycles. The maximum atomic E-state index is 10.6. The van der Waals surface area contributed by atoms with Crippen molar-refractivity contribution >= 4 is 39.5 Å². The van der Waals surface area contributed by atoms with Crippen molar-refractivity contribution in [2.75, 3.05) is 18.1 Å². The molecule has 0 radical (unpaired) electrons. The van der Waals surface area contributed by atoms with Crippen molar-refractivity contribution in [1.82, 2.24) is 9.97 Å². The summed E-state index contributed by atoms with van der Waals surface area (Å²) in [5.41, 5.74) is 5.03. The Morgan fingerprint density at radius 3 is 3.07 bits per heavy atom. The van der Waals surface area contributed by atoms with Crippen molar-refractivity contribution in [2.45, 2.75) is 5.03 Å². The van der Waals surface area contributed by atoms with Gasteiger partial charge in [0, 0.05) is 13.2 Å². The first kappa shape index (κ1) is 11.3. The highest BCUT2D eigenvalue weighted by molar-refractivity contribution is 9.10. The van der Waals surface area contributed by atoms with Crippen LogP contribution in [0.5, 0.6) is 0 Å². The predicted molar refractivity (Wildman–Crippen MR) is 59.2 cm³/mol. The molecule has 0 spiro atoms. The van der Waals surface area contributed by atoms with E-state index in [0.717, 1.165) is 4.47 Å². The van der Waals surface area contributed by atoms with Crippen molar-refractivity contribution in [3.05, 3.63) is 10.7 Å². The number of nitrogens with one attached hydrogen (secondary N) is 1. The minimum Gasteiger partial charge on any atom is -0.369 e. The Bertz CT molecular complexity index is 346. The number of hydrogen-bond acceptors (Lipinski definition) is 5. The van der Waals surface area contributed by atoms with Crippen LogP contribution in [-0.2, 0) is 4.79 Å². The molecule has 0 atom stereocenters. The minimum atomic E-state index is -0.369. The van der Waals surface area contributed by atoms with E-state index in [9.17, 15) is 4.79 Å². The van der Waals surface area contributed by atoms with Gasteiger partial charge < -0.3 is 11.1 Å². The number of nitrogens with two attached hydrogens (primary N) is 1. The summed E-state index contributed by atoms with van der Waals surface area (Å²) in [6.07, 6.45) is 1.63. The second-order valence-electron chi connectivity index (χ2n) is 2.35. The van der Waals surface area contributed by atoms with Crippen LogP contribution in [0.3, 0.4) is 0 Å². The summed E-state index contributed by atoms with van der Waals surface area (Å²) in [4.78, 5) is 18.7. The average Bonchev–Trinajstić information content (AvgIpc) is 2.16. The molecule has 0 fully saturated rings. The highest BCUT2D eigenvalue weighted by Gasteiger charge is 2.06. The van der Waals surface area contributed by atoms with Crippen LogP contribution in [0.1, 0.15) is 0 Å². The first-order valence-corrected chi connectivity index (χ1v) is 5.52. The summed E-state index contributed by atoms with van der Waals surface area (Å²) in [7, 11) is 1.73. The van der Waals surface area contributed by atoms with E-state index in [0.29, 0.717) is 11.0 Å². The second kappa shape index (κ2) is 5.16. The molecule has 0 aromatic carbocycles. The van der Waals surface area contributed by atoms with Crippen LogP contribution in [0.25, 0.3) is 0 Å². The Labute approximate surface area is 94.0 Å². The van der Waals surface area contributed by atoms with Gasteiger partial charge in [0.2, 0.25) is 11.9 Å². The number of amides is 1. The van der Waals surface area contributed by atoms with Crippen molar-refractivity contribution in [1.29, 1.82) is 0 Å². The van der Waals surface area contributed by atoms with Gasteiger partial charge in [-0.15, -0.1) is 0 Å². The predicted octanol–water partition coefficient (Wildman–Crippen LogP) is 0.858. The van der Waals surface area contributed by atoms with E-state index >= 15 is 0 Å². The number of carbonyl (C=O) groups is 1. The van der Waals surface area contributed by atoms with E-state index in [4.69, 9.17) is 5.73 Å². The van der Waals surface area contributed by atoms with Gasteiger partial charge in [0.15, 0.2) is 0 Å². The molecule has 1 aromatic rings. The van der Waals surface area contributed by atoms with E-state index in [2.05, 4.69) is 31.2 Å². The topological polar surface area (TPSA) is 80.9 Å². The van der Waals surface area contributed by atoms with E-state index in [1.54, 1.807) is 13.2 Å². The standard InChI is InChI=1S/C7H9BrN4OS/c1-10-7-11-2-4(8)6(12-7)14-3-5(9)13/h2H,3H2,1H3,(H2,9,13)(H,10,11,12). The Balaban J connectivity index is 2.78. The second-order valence-corrected chi connectivity index (χ2v) is 4.17. The Kier molecular flexibility index (Phi) is 4.15. The lowest BCUT2D eigenvalue weighted by molar-refractivity contribution is -0.115. The van der Waals surface area contributed by atoms with E-state index in [-0.39, 0.29) is 11.7 Å². The Morgan fingerprint density at radius 1 is 1.79 bits per heavy atom. The average molecular weight is 277 g/mol. The van der Waals surface area contributed by atoms with Crippen LogP contribution in [-0.4, -0.2) is 28.7 Å². The molecule has 0 saturated carbocycles. The molecule has 0 saturated heterocycles. The molecule has 76 valence electrons. The quantitative estimate of drug-likeness (QED) is 0.630. The van der Waals surface area contributed by atoms with Gasteiger partial charge in [-0.05, 0) is 15.9 Å². The molecule has 3 N–H and O–H groups in total. The molecular formula is C7H9BrN4OS. The SMILES string of the molecule is CNc1ncc(Br)c(SCC(N)=O)n1. The molecule has 5 nitrogen and oxygen atoms in total. The molecule has 1 amide bonds. The van der Waals surface area contributed by atoms with Gasteiger partial charge in [-0.3, -0.25) is 4.79 Å². The van der Waals surface area contributed by atoms with Crippen LogP contribution in [0, 0.1) is 0 Å². The minimum absolute atomic E-state index is 0.207. The van der Waals surface area contributed by atoms with Crippen molar-refractivity contribution < 1.29 is 4.79 Å². The number of primary amides is 1. The normalized spacial score (nSPS) is 9.86. The fraction of sp³-hybridized carbons (Fsp3) is 0.286. The van der Waals surface area contributed by atoms with Gasteiger partial charge >= 0.3 is 0 Å². The zero-order chi connectivity index (χ0) is 10.6. The van der Waals surface area contributed by atoms with Gasteiger partial charge in [0.25, 0.3) is 0 Å².